The molecule has 18 heavy (non-hydrogen) atoms. The number of carbonyl (C=O) groups excluding carboxylic acids is 1. The van der Waals surface area contributed by atoms with Crippen LogP contribution in [0.3, 0.4) is 0 Å². The third kappa shape index (κ3) is 4.72. The number of ether oxygens (including phenoxy) is 1. The van der Waals surface area contributed by atoms with E-state index in [1.807, 2.05) is 0 Å². The van der Waals surface area contributed by atoms with Crippen LogP contribution in [-0.2, 0) is 11.2 Å². The number of hydrogen-bond acceptors (Lipinski definition) is 5. The summed E-state index contributed by atoms with van der Waals surface area (Å²) in [5.74, 6) is -0.134. The van der Waals surface area contributed by atoms with Gasteiger partial charge in [0, 0.05) is 18.9 Å². The van der Waals surface area contributed by atoms with Gasteiger partial charge in [-0.3, -0.25) is 4.79 Å². The van der Waals surface area contributed by atoms with E-state index in [-0.39, 0.29) is 11.9 Å². The highest BCUT2D eigenvalue weighted by Crippen LogP contribution is 2.10. The van der Waals surface area contributed by atoms with E-state index in [1.165, 1.54) is 11.3 Å². The van der Waals surface area contributed by atoms with Gasteiger partial charge in [0.05, 0.1) is 17.7 Å². The number of nitrogens with zero attached hydrogens (tertiary/aromatic N) is 1. The number of rotatable bonds is 8. The summed E-state index contributed by atoms with van der Waals surface area (Å²) in [5, 5.41) is 5.62. The molecule has 1 aromatic heterocycles. The van der Waals surface area contributed by atoms with Crippen molar-refractivity contribution in [3.8, 4) is 0 Å². The Morgan fingerprint density at radius 3 is 3.06 bits per heavy atom. The van der Waals surface area contributed by atoms with Crippen LogP contribution in [-0.4, -0.2) is 37.2 Å². The standard InChI is InChI=1S/C12H21N3O2S/c1-3-4-9(7-17-2)14-12(16)10-8-18-11(15-10)5-6-13/h8-9H,3-7,13H2,1-2H3,(H,14,16). The van der Waals surface area contributed by atoms with E-state index in [0.717, 1.165) is 17.8 Å². The molecule has 0 aromatic carbocycles. The summed E-state index contributed by atoms with van der Waals surface area (Å²) >= 11 is 1.47. The average Bonchev–Trinajstić information content (AvgIpc) is 2.79. The molecule has 0 saturated heterocycles. The van der Waals surface area contributed by atoms with Gasteiger partial charge in [0.15, 0.2) is 0 Å². The van der Waals surface area contributed by atoms with E-state index in [1.54, 1.807) is 12.5 Å². The SMILES string of the molecule is CCCC(COC)NC(=O)c1csc(CCN)n1. The van der Waals surface area contributed by atoms with Crippen LogP contribution in [0.2, 0.25) is 0 Å². The van der Waals surface area contributed by atoms with Gasteiger partial charge in [-0.25, -0.2) is 4.98 Å². The average molecular weight is 271 g/mol. The Morgan fingerprint density at radius 1 is 1.67 bits per heavy atom. The summed E-state index contributed by atoms with van der Waals surface area (Å²) in [5.41, 5.74) is 5.93. The zero-order chi connectivity index (χ0) is 13.4. The molecule has 0 aliphatic carbocycles. The molecule has 1 amide bonds. The number of aromatic nitrogens is 1. The third-order valence-electron chi connectivity index (χ3n) is 2.48. The Morgan fingerprint density at radius 2 is 2.44 bits per heavy atom. The third-order valence-corrected chi connectivity index (χ3v) is 3.39. The highest BCUT2D eigenvalue weighted by Gasteiger charge is 2.15. The van der Waals surface area contributed by atoms with Crippen LogP contribution in [0.25, 0.3) is 0 Å². The van der Waals surface area contributed by atoms with Crippen molar-refractivity contribution in [2.75, 3.05) is 20.3 Å². The van der Waals surface area contributed by atoms with E-state index in [9.17, 15) is 4.79 Å². The molecule has 0 bridgehead atoms. The molecule has 0 saturated carbocycles. The van der Waals surface area contributed by atoms with Crippen LogP contribution in [0, 0.1) is 0 Å². The largest absolute Gasteiger partial charge is 0.383 e. The Hall–Kier alpha value is -0.980. The van der Waals surface area contributed by atoms with Crippen LogP contribution in [0.4, 0.5) is 0 Å². The molecular weight excluding hydrogens is 250 g/mol. The highest BCUT2D eigenvalue weighted by molar-refractivity contribution is 7.09. The van der Waals surface area contributed by atoms with Crippen molar-refractivity contribution in [1.29, 1.82) is 0 Å². The first-order valence-corrected chi connectivity index (χ1v) is 7.03. The molecule has 1 heterocycles. The molecule has 0 radical (unpaired) electrons. The lowest BCUT2D eigenvalue weighted by molar-refractivity contribution is 0.0887. The van der Waals surface area contributed by atoms with Gasteiger partial charge >= 0.3 is 0 Å². The van der Waals surface area contributed by atoms with Crippen molar-refractivity contribution < 1.29 is 9.53 Å². The first kappa shape index (κ1) is 15.1. The molecule has 0 spiro atoms. The second-order valence-corrected chi connectivity index (χ2v) is 5.02. The second kappa shape index (κ2) is 8.18. The molecule has 0 aliphatic heterocycles. The molecule has 1 unspecified atom stereocenters. The van der Waals surface area contributed by atoms with Crippen molar-refractivity contribution in [2.45, 2.75) is 32.2 Å². The van der Waals surface area contributed by atoms with Crippen LogP contribution < -0.4 is 11.1 Å². The maximum atomic E-state index is 12.0. The predicted octanol–water partition coefficient (Wildman–Crippen LogP) is 1.19. The molecule has 0 fully saturated rings. The van der Waals surface area contributed by atoms with Crippen molar-refractivity contribution >= 4 is 17.2 Å². The summed E-state index contributed by atoms with van der Waals surface area (Å²) in [6.07, 6.45) is 2.62. The quantitative estimate of drug-likeness (QED) is 0.744. The first-order valence-electron chi connectivity index (χ1n) is 6.15. The van der Waals surface area contributed by atoms with Gasteiger partial charge in [-0.1, -0.05) is 13.3 Å². The molecule has 1 rings (SSSR count). The summed E-state index contributed by atoms with van der Waals surface area (Å²) in [6, 6.07) is 0.0483. The fourth-order valence-corrected chi connectivity index (χ4v) is 2.45. The molecule has 0 aliphatic rings. The van der Waals surface area contributed by atoms with E-state index < -0.39 is 0 Å². The number of hydrogen-bond donors (Lipinski definition) is 2. The van der Waals surface area contributed by atoms with Crippen molar-refractivity contribution in [2.24, 2.45) is 5.73 Å². The maximum Gasteiger partial charge on any atom is 0.271 e. The van der Waals surface area contributed by atoms with Gasteiger partial charge < -0.3 is 15.8 Å². The zero-order valence-electron chi connectivity index (χ0n) is 10.9. The number of methoxy groups -OCH3 is 1. The topological polar surface area (TPSA) is 77.2 Å². The van der Waals surface area contributed by atoms with Crippen molar-refractivity contribution in [1.82, 2.24) is 10.3 Å². The fourth-order valence-electron chi connectivity index (χ4n) is 1.66. The Labute approximate surface area is 112 Å². The van der Waals surface area contributed by atoms with Crippen LogP contribution in [0.1, 0.15) is 35.3 Å². The van der Waals surface area contributed by atoms with Crippen molar-refractivity contribution in [3.05, 3.63) is 16.1 Å². The van der Waals surface area contributed by atoms with Gasteiger partial charge in [0.25, 0.3) is 5.91 Å². The van der Waals surface area contributed by atoms with Crippen LogP contribution in [0.15, 0.2) is 5.38 Å². The molecule has 5 nitrogen and oxygen atoms in total. The van der Waals surface area contributed by atoms with Crippen LogP contribution >= 0.6 is 11.3 Å². The lowest BCUT2D eigenvalue weighted by Gasteiger charge is -2.16. The van der Waals surface area contributed by atoms with Gasteiger partial charge in [-0.2, -0.15) is 0 Å². The molecule has 6 heteroatoms. The number of nitrogens with two attached hydrogens (primary N) is 1. The summed E-state index contributed by atoms with van der Waals surface area (Å²) in [4.78, 5) is 16.2. The van der Waals surface area contributed by atoms with Gasteiger partial charge in [0.2, 0.25) is 0 Å². The predicted molar refractivity (Wildman–Crippen MR) is 72.9 cm³/mol. The van der Waals surface area contributed by atoms with E-state index in [4.69, 9.17) is 10.5 Å². The number of nitrogens with one attached hydrogen (secondary N) is 1. The Kier molecular flexibility index (Phi) is 6.85. The summed E-state index contributed by atoms with van der Waals surface area (Å²) in [7, 11) is 1.64. The minimum absolute atomic E-state index is 0.0483. The summed E-state index contributed by atoms with van der Waals surface area (Å²) in [6.45, 7) is 3.16. The number of thiazole rings is 1. The van der Waals surface area contributed by atoms with E-state index >= 15 is 0 Å². The lowest BCUT2D eigenvalue weighted by atomic mass is 10.2. The van der Waals surface area contributed by atoms with E-state index in [0.29, 0.717) is 25.3 Å². The number of carbonyl (C=O) groups is 1. The van der Waals surface area contributed by atoms with Crippen LogP contribution in [0.5, 0.6) is 0 Å². The second-order valence-electron chi connectivity index (χ2n) is 4.08. The van der Waals surface area contributed by atoms with Gasteiger partial charge in [-0.05, 0) is 13.0 Å². The molecule has 102 valence electrons. The fraction of sp³-hybridized carbons (Fsp3) is 0.667. The monoisotopic (exact) mass is 271 g/mol. The highest BCUT2D eigenvalue weighted by atomic mass is 32.1. The maximum absolute atomic E-state index is 12.0. The molecular formula is C12H21N3O2S. The number of amides is 1. The Bertz CT molecular complexity index is 362. The lowest BCUT2D eigenvalue weighted by Crippen LogP contribution is -2.38. The zero-order valence-corrected chi connectivity index (χ0v) is 11.8. The van der Waals surface area contributed by atoms with E-state index in [2.05, 4.69) is 17.2 Å². The summed E-state index contributed by atoms with van der Waals surface area (Å²) < 4.78 is 5.09. The first-order chi connectivity index (χ1) is 8.71. The molecule has 3 N–H and O–H groups in total. The minimum Gasteiger partial charge on any atom is -0.383 e. The minimum atomic E-state index is -0.134. The Balaban J connectivity index is 2.56. The smallest absolute Gasteiger partial charge is 0.271 e. The van der Waals surface area contributed by atoms with Gasteiger partial charge in [0.1, 0.15) is 5.69 Å². The van der Waals surface area contributed by atoms with Gasteiger partial charge in [-0.15, -0.1) is 11.3 Å². The normalized spacial score (nSPS) is 12.4. The van der Waals surface area contributed by atoms with Crippen molar-refractivity contribution in [3.63, 3.8) is 0 Å². The molecule has 1 atom stereocenters. The molecule has 1 aromatic rings.